The molecule has 0 atom stereocenters. The summed E-state index contributed by atoms with van der Waals surface area (Å²) in [5, 5.41) is 0. The van der Waals surface area contributed by atoms with Gasteiger partial charge in [0.25, 0.3) is 0 Å². The Labute approximate surface area is 155 Å². The number of halogens is 1. The number of hydrogen-bond acceptors (Lipinski definition) is 4. The summed E-state index contributed by atoms with van der Waals surface area (Å²) in [7, 11) is 1.79. The number of hydrogen-bond donors (Lipinski definition) is 0. The van der Waals surface area contributed by atoms with Crippen LogP contribution in [0.5, 0.6) is 17.2 Å². The van der Waals surface area contributed by atoms with Gasteiger partial charge in [0.15, 0.2) is 11.5 Å². The minimum Gasteiger partial charge on any atom is -0.493 e. The van der Waals surface area contributed by atoms with E-state index >= 15 is 0 Å². The first-order valence-corrected chi connectivity index (χ1v) is 8.92. The van der Waals surface area contributed by atoms with E-state index in [2.05, 4.69) is 15.9 Å². The van der Waals surface area contributed by atoms with Crippen molar-refractivity contribution in [3.8, 4) is 17.2 Å². The fourth-order valence-electron chi connectivity index (χ4n) is 2.55. The Morgan fingerprint density at radius 2 is 1.96 bits per heavy atom. The van der Waals surface area contributed by atoms with Gasteiger partial charge in [-0.25, -0.2) is 0 Å². The van der Waals surface area contributed by atoms with E-state index in [1.54, 1.807) is 11.9 Å². The fourth-order valence-corrected chi connectivity index (χ4v) is 2.93. The van der Waals surface area contributed by atoms with E-state index in [1.165, 1.54) is 0 Å². The highest BCUT2D eigenvalue weighted by atomic mass is 79.9. The molecule has 1 aliphatic rings. The standard InChI is InChI=1S/C19H20BrNO4/c1-21(13-14-5-6-17-18(11-14)25-10-9-24-17)19(22)7-8-23-16-4-2-3-15(20)12-16/h2-6,11-12H,7-10,13H2,1H3. The average molecular weight is 406 g/mol. The number of benzene rings is 2. The normalized spacial score (nSPS) is 12.6. The summed E-state index contributed by atoms with van der Waals surface area (Å²) >= 11 is 3.40. The Morgan fingerprint density at radius 1 is 1.16 bits per heavy atom. The summed E-state index contributed by atoms with van der Waals surface area (Å²) in [5.74, 6) is 2.27. The molecule has 1 amide bonds. The molecular weight excluding hydrogens is 386 g/mol. The Morgan fingerprint density at radius 3 is 2.76 bits per heavy atom. The molecule has 2 aromatic carbocycles. The molecule has 0 unspecified atom stereocenters. The monoisotopic (exact) mass is 405 g/mol. The summed E-state index contributed by atoms with van der Waals surface area (Å²) < 4.78 is 17.7. The van der Waals surface area contributed by atoms with Crippen molar-refractivity contribution in [1.82, 2.24) is 4.90 Å². The lowest BCUT2D eigenvalue weighted by Gasteiger charge is -2.21. The van der Waals surface area contributed by atoms with Gasteiger partial charge in [0.1, 0.15) is 19.0 Å². The van der Waals surface area contributed by atoms with Crippen molar-refractivity contribution in [2.75, 3.05) is 26.9 Å². The van der Waals surface area contributed by atoms with Crippen LogP contribution in [0.1, 0.15) is 12.0 Å². The zero-order valence-corrected chi connectivity index (χ0v) is 15.6. The van der Waals surface area contributed by atoms with Crippen LogP contribution >= 0.6 is 15.9 Å². The number of fused-ring (bicyclic) bond motifs is 1. The largest absolute Gasteiger partial charge is 0.493 e. The zero-order valence-electron chi connectivity index (χ0n) is 14.0. The number of amides is 1. The van der Waals surface area contributed by atoms with E-state index in [1.807, 2.05) is 42.5 Å². The van der Waals surface area contributed by atoms with Crippen LogP contribution in [0.25, 0.3) is 0 Å². The zero-order chi connectivity index (χ0) is 17.6. The lowest BCUT2D eigenvalue weighted by molar-refractivity contribution is -0.130. The van der Waals surface area contributed by atoms with Gasteiger partial charge in [0, 0.05) is 18.1 Å². The van der Waals surface area contributed by atoms with E-state index in [4.69, 9.17) is 14.2 Å². The molecule has 0 saturated heterocycles. The van der Waals surface area contributed by atoms with Crippen LogP contribution in [0, 0.1) is 0 Å². The number of carbonyl (C=O) groups excluding carboxylic acids is 1. The van der Waals surface area contributed by atoms with E-state index < -0.39 is 0 Å². The topological polar surface area (TPSA) is 48.0 Å². The van der Waals surface area contributed by atoms with Crippen molar-refractivity contribution in [2.24, 2.45) is 0 Å². The predicted octanol–water partition coefficient (Wildman–Crippen LogP) is 3.65. The molecule has 25 heavy (non-hydrogen) atoms. The van der Waals surface area contributed by atoms with Gasteiger partial charge in [0.05, 0.1) is 13.0 Å². The molecule has 0 saturated carbocycles. The molecule has 5 nitrogen and oxygen atoms in total. The van der Waals surface area contributed by atoms with Gasteiger partial charge in [-0.2, -0.15) is 0 Å². The first-order chi connectivity index (χ1) is 12.1. The molecule has 6 heteroatoms. The highest BCUT2D eigenvalue weighted by Gasteiger charge is 2.14. The highest BCUT2D eigenvalue weighted by molar-refractivity contribution is 9.10. The molecule has 0 bridgehead atoms. The molecule has 0 aliphatic carbocycles. The first-order valence-electron chi connectivity index (χ1n) is 8.13. The van der Waals surface area contributed by atoms with Crippen LogP contribution in [0.2, 0.25) is 0 Å². The smallest absolute Gasteiger partial charge is 0.226 e. The van der Waals surface area contributed by atoms with Gasteiger partial charge in [-0.05, 0) is 35.9 Å². The van der Waals surface area contributed by atoms with Gasteiger partial charge in [-0.1, -0.05) is 28.1 Å². The highest BCUT2D eigenvalue weighted by Crippen LogP contribution is 2.31. The van der Waals surface area contributed by atoms with E-state index in [0.717, 1.165) is 27.3 Å². The van der Waals surface area contributed by atoms with Gasteiger partial charge < -0.3 is 19.1 Å². The molecule has 1 aliphatic heterocycles. The molecule has 0 aromatic heterocycles. The molecule has 2 aromatic rings. The van der Waals surface area contributed by atoms with Gasteiger partial charge in [-0.15, -0.1) is 0 Å². The molecule has 0 radical (unpaired) electrons. The maximum Gasteiger partial charge on any atom is 0.226 e. The number of nitrogens with zero attached hydrogens (tertiary/aromatic N) is 1. The second-order valence-corrected chi connectivity index (χ2v) is 6.70. The average Bonchev–Trinajstić information content (AvgIpc) is 2.61. The summed E-state index contributed by atoms with van der Waals surface area (Å²) in [6.07, 6.45) is 0.327. The summed E-state index contributed by atoms with van der Waals surface area (Å²) in [4.78, 5) is 14.0. The van der Waals surface area contributed by atoms with Crippen molar-refractivity contribution >= 4 is 21.8 Å². The lowest BCUT2D eigenvalue weighted by atomic mass is 10.2. The van der Waals surface area contributed by atoms with Crippen LogP contribution in [0.15, 0.2) is 46.9 Å². The third-order valence-electron chi connectivity index (χ3n) is 3.83. The maximum atomic E-state index is 12.3. The third-order valence-corrected chi connectivity index (χ3v) is 4.33. The third kappa shape index (κ3) is 4.89. The van der Waals surface area contributed by atoms with Crippen LogP contribution in [0.3, 0.4) is 0 Å². The SMILES string of the molecule is CN(Cc1ccc2c(c1)OCCO2)C(=O)CCOc1cccc(Br)c1. The van der Waals surface area contributed by atoms with E-state index in [0.29, 0.717) is 32.8 Å². The van der Waals surface area contributed by atoms with Crippen LogP contribution < -0.4 is 14.2 Å². The van der Waals surface area contributed by atoms with Gasteiger partial charge in [-0.3, -0.25) is 4.79 Å². The summed E-state index contributed by atoms with van der Waals surface area (Å²) in [6, 6.07) is 13.3. The van der Waals surface area contributed by atoms with Crippen molar-refractivity contribution in [1.29, 1.82) is 0 Å². The van der Waals surface area contributed by atoms with E-state index in [9.17, 15) is 4.79 Å². The minimum atomic E-state index is 0.0323. The first kappa shape index (κ1) is 17.6. The fraction of sp³-hybridized carbons (Fsp3) is 0.316. The van der Waals surface area contributed by atoms with Crippen molar-refractivity contribution < 1.29 is 19.0 Å². The molecule has 132 valence electrons. The van der Waals surface area contributed by atoms with Crippen LogP contribution in [0.4, 0.5) is 0 Å². The van der Waals surface area contributed by atoms with Gasteiger partial charge in [0.2, 0.25) is 5.91 Å². The summed E-state index contributed by atoms with van der Waals surface area (Å²) in [5.41, 5.74) is 1.01. The molecule has 0 N–H and O–H groups in total. The second kappa shape index (κ2) is 8.25. The Bertz CT molecular complexity index is 750. The Hall–Kier alpha value is -2.21. The molecule has 0 fully saturated rings. The molecule has 1 heterocycles. The minimum absolute atomic E-state index is 0.0323. The number of ether oxygens (including phenoxy) is 3. The Kier molecular flexibility index (Phi) is 5.81. The van der Waals surface area contributed by atoms with Crippen LogP contribution in [-0.2, 0) is 11.3 Å². The maximum absolute atomic E-state index is 12.3. The molecular formula is C19H20BrNO4. The quantitative estimate of drug-likeness (QED) is 0.735. The molecule has 0 spiro atoms. The van der Waals surface area contributed by atoms with Gasteiger partial charge >= 0.3 is 0 Å². The van der Waals surface area contributed by atoms with Crippen LogP contribution in [-0.4, -0.2) is 37.7 Å². The Balaban J connectivity index is 1.49. The summed E-state index contributed by atoms with van der Waals surface area (Å²) in [6.45, 7) is 1.99. The second-order valence-electron chi connectivity index (χ2n) is 5.78. The number of carbonyl (C=O) groups is 1. The van der Waals surface area contributed by atoms with Crippen molar-refractivity contribution in [3.05, 3.63) is 52.5 Å². The number of rotatable bonds is 6. The van der Waals surface area contributed by atoms with Crippen molar-refractivity contribution in [3.63, 3.8) is 0 Å². The molecule has 3 rings (SSSR count). The predicted molar refractivity (Wildman–Crippen MR) is 98.2 cm³/mol. The van der Waals surface area contributed by atoms with E-state index in [-0.39, 0.29) is 5.91 Å². The van der Waals surface area contributed by atoms with Crippen molar-refractivity contribution in [2.45, 2.75) is 13.0 Å². The lowest BCUT2D eigenvalue weighted by Crippen LogP contribution is -2.27.